The van der Waals surface area contributed by atoms with Crippen LogP contribution in [-0.4, -0.2) is 4.92 Å². The van der Waals surface area contributed by atoms with Crippen molar-refractivity contribution < 1.29 is 4.92 Å². The maximum Gasteiger partial charge on any atom is 0.270 e. The van der Waals surface area contributed by atoms with Gasteiger partial charge in [-0.3, -0.25) is 10.1 Å². The third-order valence-electron chi connectivity index (χ3n) is 2.20. The zero-order chi connectivity index (χ0) is 11.6. The van der Waals surface area contributed by atoms with Crippen molar-refractivity contribution in [2.24, 2.45) is 0 Å². The van der Waals surface area contributed by atoms with Crippen LogP contribution in [-0.2, 0) is 5.41 Å². The van der Waals surface area contributed by atoms with Gasteiger partial charge in [0, 0.05) is 16.6 Å². The molecule has 15 heavy (non-hydrogen) atoms. The molecule has 0 aliphatic carbocycles. The van der Waals surface area contributed by atoms with Crippen molar-refractivity contribution >= 4 is 21.6 Å². The molecule has 0 aromatic heterocycles. The Morgan fingerprint density at radius 3 is 2.53 bits per heavy atom. The summed E-state index contributed by atoms with van der Waals surface area (Å²) in [5.74, 6) is 2.65. The minimum atomic E-state index is -0.437. The van der Waals surface area contributed by atoms with Crippen molar-refractivity contribution in [1.29, 1.82) is 0 Å². The van der Waals surface area contributed by atoms with E-state index in [0.717, 1.165) is 5.56 Å². The Hall–Kier alpha value is -1.34. The summed E-state index contributed by atoms with van der Waals surface area (Å²) >= 11 is 3.29. The van der Waals surface area contributed by atoms with Crippen LogP contribution >= 0.6 is 15.9 Å². The highest BCUT2D eigenvalue weighted by Gasteiger charge is 2.21. The minimum absolute atomic E-state index is 0.0541. The van der Waals surface area contributed by atoms with E-state index in [-0.39, 0.29) is 5.69 Å². The van der Waals surface area contributed by atoms with Gasteiger partial charge in [0.05, 0.1) is 10.3 Å². The number of nitrogens with zero attached hydrogens (tertiary/aromatic N) is 1. The summed E-state index contributed by atoms with van der Waals surface area (Å²) in [6, 6.07) is 4.61. The molecular formula is C11H10BrNO2. The summed E-state index contributed by atoms with van der Waals surface area (Å²) in [5, 5.41) is 10.5. The van der Waals surface area contributed by atoms with Gasteiger partial charge in [0.15, 0.2) is 0 Å². The van der Waals surface area contributed by atoms with Crippen LogP contribution in [0.1, 0.15) is 19.4 Å². The lowest BCUT2D eigenvalue weighted by Gasteiger charge is -2.19. The Morgan fingerprint density at radius 1 is 1.53 bits per heavy atom. The molecule has 0 atom stereocenters. The molecule has 0 heterocycles. The Morgan fingerprint density at radius 2 is 2.13 bits per heavy atom. The number of rotatable bonds is 2. The van der Waals surface area contributed by atoms with Gasteiger partial charge in [-0.1, -0.05) is 21.9 Å². The van der Waals surface area contributed by atoms with Crippen molar-refractivity contribution in [3.05, 3.63) is 38.3 Å². The van der Waals surface area contributed by atoms with Gasteiger partial charge >= 0.3 is 0 Å². The third-order valence-corrected chi connectivity index (χ3v) is 2.85. The first-order valence-corrected chi connectivity index (χ1v) is 5.10. The van der Waals surface area contributed by atoms with Crippen molar-refractivity contribution in [3.63, 3.8) is 0 Å². The van der Waals surface area contributed by atoms with Gasteiger partial charge in [-0.25, -0.2) is 0 Å². The summed E-state index contributed by atoms with van der Waals surface area (Å²) in [6.45, 7) is 3.78. The average molecular weight is 268 g/mol. The van der Waals surface area contributed by atoms with Crippen LogP contribution in [0.3, 0.4) is 0 Å². The van der Waals surface area contributed by atoms with Crippen molar-refractivity contribution in [2.45, 2.75) is 19.3 Å². The molecule has 78 valence electrons. The molecule has 0 amide bonds. The monoisotopic (exact) mass is 267 g/mol. The molecule has 0 aliphatic rings. The van der Waals surface area contributed by atoms with Crippen molar-refractivity contribution in [3.8, 4) is 12.3 Å². The normalized spacial score (nSPS) is 10.8. The quantitative estimate of drug-likeness (QED) is 0.469. The van der Waals surface area contributed by atoms with E-state index in [1.165, 1.54) is 12.1 Å². The molecule has 0 fully saturated rings. The standard InChI is InChI=1S/C11H10BrNO2/c1-4-11(2,3)9-6-5-8(13(14)15)7-10(9)12/h1,5-7H,2-3H3. The number of nitro groups is 1. The zero-order valence-corrected chi connectivity index (χ0v) is 10.0. The average Bonchev–Trinajstić information content (AvgIpc) is 2.17. The second-order valence-corrected chi connectivity index (χ2v) is 4.54. The number of halogens is 1. The second-order valence-electron chi connectivity index (χ2n) is 3.69. The Bertz CT molecular complexity index is 446. The highest BCUT2D eigenvalue weighted by Crippen LogP contribution is 2.32. The first kappa shape index (κ1) is 11.7. The topological polar surface area (TPSA) is 43.1 Å². The summed E-state index contributed by atoms with van der Waals surface area (Å²) in [7, 11) is 0. The fourth-order valence-electron chi connectivity index (χ4n) is 1.20. The SMILES string of the molecule is C#CC(C)(C)c1ccc([N+](=O)[O-])cc1Br. The van der Waals surface area contributed by atoms with Gasteiger partial charge in [0.25, 0.3) is 5.69 Å². The van der Waals surface area contributed by atoms with Crippen LogP contribution < -0.4 is 0 Å². The smallest absolute Gasteiger partial charge is 0.258 e. The summed E-state index contributed by atoms with van der Waals surface area (Å²) < 4.78 is 0.666. The lowest BCUT2D eigenvalue weighted by molar-refractivity contribution is -0.384. The molecule has 0 N–H and O–H groups in total. The van der Waals surface area contributed by atoms with E-state index in [4.69, 9.17) is 6.42 Å². The van der Waals surface area contributed by atoms with Crippen molar-refractivity contribution in [1.82, 2.24) is 0 Å². The number of nitro benzene ring substituents is 1. The van der Waals surface area contributed by atoms with Gasteiger partial charge in [-0.2, -0.15) is 0 Å². The fourth-order valence-corrected chi connectivity index (χ4v) is 2.06. The molecule has 4 heteroatoms. The van der Waals surface area contributed by atoms with Gasteiger partial charge in [0.2, 0.25) is 0 Å². The molecule has 1 aromatic rings. The van der Waals surface area contributed by atoms with Crippen LogP contribution in [0.2, 0.25) is 0 Å². The van der Waals surface area contributed by atoms with Crippen LogP contribution in [0, 0.1) is 22.5 Å². The molecule has 0 saturated carbocycles. The van der Waals surface area contributed by atoms with Crippen LogP contribution in [0.15, 0.2) is 22.7 Å². The third kappa shape index (κ3) is 2.37. The lowest BCUT2D eigenvalue weighted by atomic mass is 9.86. The predicted octanol–water partition coefficient (Wildman–Crippen LogP) is 3.27. The van der Waals surface area contributed by atoms with Gasteiger partial charge in [-0.05, 0) is 25.5 Å². The molecule has 0 unspecified atom stereocenters. The number of benzene rings is 1. The molecule has 0 saturated heterocycles. The maximum atomic E-state index is 10.5. The molecule has 1 rings (SSSR count). The number of non-ortho nitro benzene ring substituents is 1. The molecule has 0 bridgehead atoms. The van der Waals surface area contributed by atoms with Gasteiger partial charge in [-0.15, -0.1) is 6.42 Å². The van der Waals surface area contributed by atoms with Gasteiger partial charge < -0.3 is 0 Å². The second kappa shape index (κ2) is 4.03. The number of hydrogen-bond donors (Lipinski definition) is 0. The Balaban J connectivity index is 3.27. The van der Waals surface area contributed by atoms with Crippen molar-refractivity contribution in [2.75, 3.05) is 0 Å². The van der Waals surface area contributed by atoms with E-state index in [2.05, 4.69) is 21.9 Å². The van der Waals surface area contributed by atoms with E-state index in [0.29, 0.717) is 4.47 Å². The molecule has 1 aromatic carbocycles. The molecule has 3 nitrogen and oxygen atoms in total. The van der Waals surface area contributed by atoms with Gasteiger partial charge in [0.1, 0.15) is 0 Å². The maximum absolute atomic E-state index is 10.5. The van der Waals surface area contributed by atoms with E-state index in [1.807, 2.05) is 13.8 Å². The first-order valence-electron chi connectivity index (χ1n) is 4.30. The van der Waals surface area contributed by atoms with Crippen LogP contribution in [0.5, 0.6) is 0 Å². The number of terminal acetylenes is 1. The summed E-state index contributed by atoms with van der Waals surface area (Å²) in [5.41, 5.74) is 0.488. The largest absolute Gasteiger partial charge is 0.270 e. The first-order chi connectivity index (χ1) is 6.88. The molecule has 0 aliphatic heterocycles. The van der Waals surface area contributed by atoms with E-state index in [1.54, 1.807) is 6.07 Å². The fraction of sp³-hybridized carbons (Fsp3) is 0.273. The summed E-state index contributed by atoms with van der Waals surface area (Å²) in [6.07, 6.45) is 5.40. The Labute approximate surface area is 96.8 Å². The zero-order valence-electron chi connectivity index (χ0n) is 8.45. The summed E-state index contributed by atoms with van der Waals surface area (Å²) in [4.78, 5) is 10.1. The molecule has 0 radical (unpaired) electrons. The van der Waals surface area contributed by atoms with E-state index < -0.39 is 10.3 Å². The highest BCUT2D eigenvalue weighted by atomic mass is 79.9. The number of hydrogen-bond acceptors (Lipinski definition) is 2. The van der Waals surface area contributed by atoms with E-state index >= 15 is 0 Å². The molecular weight excluding hydrogens is 258 g/mol. The van der Waals surface area contributed by atoms with E-state index in [9.17, 15) is 10.1 Å². The van der Waals surface area contributed by atoms with Crippen LogP contribution in [0.4, 0.5) is 5.69 Å². The Kier molecular flexibility index (Phi) is 3.15. The van der Waals surface area contributed by atoms with Crippen LogP contribution in [0.25, 0.3) is 0 Å². The predicted molar refractivity (Wildman–Crippen MR) is 62.7 cm³/mol. The highest BCUT2D eigenvalue weighted by molar-refractivity contribution is 9.10. The lowest BCUT2D eigenvalue weighted by Crippen LogP contribution is -2.14. The molecule has 0 spiro atoms. The minimum Gasteiger partial charge on any atom is -0.258 e.